The summed E-state index contributed by atoms with van der Waals surface area (Å²) in [5.74, 6) is 6.69. The maximum atomic E-state index is 9.57. The fraction of sp³-hybridized carbons (Fsp3) is 0.143. The van der Waals surface area contributed by atoms with Crippen molar-refractivity contribution in [2.75, 3.05) is 0 Å². The fourth-order valence-corrected chi connectivity index (χ4v) is 12.4. The molecule has 7 aromatic carbocycles. The SMILES string of the molecule is Cc1ccc(-c2nc(C#N)c3nc(C)n(-c4ccc(C)cc4)c3n2)cc1.Cc1ccc(-n2c(C)nc3c(C#N)nc(C)nc32)cc1.Cc1ccc(-n2c(C)nc3c(C#N)nc(C)nc32)cc1.Cc1nc(C#N)c2nc(C)n(-c3ccccc3)c2n1.Cc1nc2c(C#N)nc(-c3ccccc3)nc2n1-c1ccccc1. The molecule has 17 aromatic rings. The van der Waals surface area contributed by atoms with E-state index in [0.717, 1.165) is 74.2 Å². The number of fused-ring (bicyclic) bond motifs is 5. The van der Waals surface area contributed by atoms with Crippen LogP contribution in [-0.2, 0) is 0 Å². The summed E-state index contributed by atoms with van der Waals surface area (Å²) in [4.78, 5) is 66.3. The van der Waals surface area contributed by atoms with E-state index >= 15 is 0 Å². The van der Waals surface area contributed by atoms with E-state index in [2.05, 4.69) is 100 Å². The molecule has 0 spiro atoms. The molecule has 109 heavy (non-hydrogen) atoms. The van der Waals surface area contributed by atoms with Crippen molar-refractivity contribution in [3.05, 3.63) is 285 Å². The predicted molar refractivity (Wildman–Crippen MR) is 415 cm³/mol. The lowest BCUT2D eigenvalue weighted by molar-refractivity contribution is 0.972. The number of rotatable bonds is 7. The van der Waals surface area contributed by atoms with E-state index in [0.29, 0.717) is 108 Å². The van der Waals surface area contributed by atoms with Gasteiger partial charge in [-0.15, -0.1) is 0 Å². The van der Waals surface area contributed by atoms with Crippen molar-refractivity contribution in [3.63, 3.8) is 0 Å². The number of imidazole rings is 5. The van der Waals surface area contributed by atoms with Crippen LogP contribution in [0.4, 0.5) is 0 Å². The van der Waals surface area contributed by atoms with Gasteiger partial charge in [0.15, 0.2) is 68.4 Å². The van der Waals surface area contributed by atoms with Crippen LogP contribution in [0.1, 0.15) is 97.3 Å². The summed E-state index contributed by atoms with van der Waals surface area (Å²) in [6, 6.07) is 72.3. The minimum Gasteiger partial charge on any atom is -0.281 e. The maximum absolute atomic E-state index is 9.57. The van der Waals surface area contributed by atoms with Gasteiger partial charge in [-0.25, -0.2) is 74.8 Å². The summed E-state index contributed by atoms with van der Waals surface area (Å²) < 4.78 is 9.75. The molecule has 0 aliphatic rings. The van der Waals surface area contributed by atoms with Crippen LogP contribution in [-0.4, -0.2) is 97.6 Å². The molecule has 0 bridgehead atoms. The van der Waals surface area contributed by atoms with Crippen LogP contribution < -0.4 is 0 Å². The van der Waals surface area contributed by atoms with E-state index in [-0.39, 0.29) is 5.69 Å². The molecule has 0 aliphatic heterocycles. The molecule has 0 atom stereocenters. The third-order valence-electron chi connectivity index (χ3n) is 17.5. The van der Waals surface area contributed by atoms with Gasteiger partial charge in [-0.05, 0) is 144 Å². The van der Waals surface area contributed by atoms with Crippen LogP contribution in [0.25, 0.3) is 107 Å². The highest BCUT2D eigenvalue weighted by atomic mass is 15.2. The van der Waals surface area contributed by atoms with E-state index in [9.17, 15) is 21.0 Å². The summed E-state index contributed by atoms with van der Waals surface area (Å²) in [5, 5.41) is 46.6. The van der Waals surface area contributed by atoms with Gasteiger partial charge in [0.05, 0.1) is 0 Å². The summed E-state index contributed by atoms with van der Waals surface area (Å²) in [6.45, 7) is 23.0. The first-order valence-electron chi connectivity index (χ1n) is 34.4. The summed E-state index contributed by atoms with van der Waals surface area (Å²) >= 11 is 0. The molecule has 0 radical (unpaired) electrons. The van der Waals surface area contributed by atoms with Crippen LogP contribution in [0.5, 0.6) is 0 Å². The second-order valence-electron chi connectivity index (χ2n) is 25.5. The number of aromatic nitrogens is 20. The molecule has 0 saturated carbocycles. The van der Waals surface area contributed by atoms with E-state index in [1.165, 1.54) is 16.7 Å². The molecule has 528 valence electrons. The number of nitrogens with zero attached hydrogens (tertiary/aromatic N) is 25. The Kier molecular flexibility index (Phi) is 20.5. The highest BCUT2D eigenvalue weighted by Gasteiger charge is 2.23. The standard InChI is InChI=1S/C21H17N5.C19H13N5.2C15H13N5.C14H11N5/c1-13-4-8-16(9-5-13)20-24-18(12-22)19-21(25-20)26(15(3)23-19)17-10-6-14(2)7-11-17;1-13-21-17-16(12-20)22-18(14-8-4-2-5-9-14)23-19(17)24(13)15-10-6-3-7-11-15;2*1-9-4-6-12(7-5-9)20-11(3)19-14-13(8-16)17-10(2)18-15(14)20;1-9-16-12(8-15)13-14(17-9)19(10(2)18-13)11-6-4-3-5-7-11/h4-11H,1-3H3;2-11H,1H3;2*4-7H,1-3H3;3-7H,1-2H3. The fourth-order valence-electron chi connectivity index (χ4n) is 12.4. The first-order valence-corrected chi connectivity index (χ1v) is 34.4. The maximum Gasteiger partial charge on any atom is 0.172 e. The topological polar surface area (TPSA) is 337 Å². The van der Waals surface area contributed by atoms with Crippen LogP contribution in [0.15, 0.2) is 188 Å². The number of nitriles is 5. The Balaban J connectivity index is 0.000000121. The van der Waals surface area contributed by atoms with Gasteiger partial charge in [0.1, 0.15) is 105 Å². The van der Waals surface area contributed by atoms with Crippen LogP contribution in [0.2, 0.25) is 0 Å². The van der Waals surface area contributed by atoms with Crippen molar-refractivity contribution in [1.29, 1.82) is 26.3 Å². The molecule has 0 amide bonds. The molecule has 0 N–H and O–H groups in total. The smallest absolute Gasteiger partial charge is 0.172 e. The average Bonchev–Trinajstić information content (AvgIpc) is 1.66. The highest BCUT2D eigenvalue weighted by molar-refractivity contribution is 5.84. The first-order chi connectivity index (χ1) is 52.7. The molecule has 0 unspecified atom stereocenters. The minimum atomic E-state index is 0.289. The van der Waals surface area contributed by atoms with Gasteiger partial charge in [-0.2, -0.15) is 26.3 Å². The summed E-state index contributed by atoms with van der Waals surface area (Å²) in [7, 11) is 0. The Morgan fingerprint density at radius 1 is 0.211 bits per heavy atom. The monoisotopic (exact) mass is 1430 g/mol. The van der Waals surface area contributed by atoms with Gasteiger partial charge in [-0.3, -0.25) is 22.8 Å². The number of para-hydroxylation sites is 2. The number of hydrogen-bond donors (Lipinski definition) is 0. The molecule has 10 heterocycles. The Morgan fingerprint density at radius 3 is 0.679 bits per heavy atom. The van der Waals surface area contributed by atoms with Crippen molar-refractivity contribution in [3.8, 4) is 81.6 Å². The zero-order valence-corrected chi connectivity index (χ0v) is 61.6. The second kappa shape index (κ2) is 31.0. The van der Waals surface area contributed by atoms with Gasteiger partial charge >= 0.3 is 0 Å². The third kappa shape index (κ3) is 14.9. The van der Waals surface area contributed by atoms with Gasteiger partial charge < -0.3 is 0 Å². The number of hydrogen-bond acceptors (Lipinski definition) is 20. The highest BCUT2D eigenvalue weighted by Crippen LogP contribution is 2.30. The predicted octanol–water partition coefficient (Wildman–Crippen LogP) is 15.5. The lowest BCUT2D eigenvalue weighted by Crippen LogP contribution is -2.01. The number of benzene rings is 7. The first kappa shape index (κ1) is 72.1. The minimum absolute atomic E-state index is 0.289. The second-order valence-corrected chi connectivity index (χ2v) is 25.5. The largest absolute Gasteiger partial charge is 0.281 e. The zero-order chi connectivity index (χ0) is 76.7. The summed E-state index contributed by atoms with van der Waals surface area (Å²) in [6.07, 6.45) is 0. The van der Waals surface area contributed by atoms with Crippen molar-refractivity contribution in [2.24, 2.45) is 0 Å². The van der Waals surface area contributed by atoms with Crippen molar-refractivity contribution < 1.29 is 0 Å². The summed E-state index contributed by atoms with van der Waals surface area (Å²) in [5.41, 5.74) is 18.9. The Morgan fingerprint density at radius 2 is 0.422 bits per heavy atom. The Bertz CT molecular complexity index is 6370. The van der Waals surface area contributed by atoms with Crippen molar-refractivity contribution in [1.82, 2.24) is 97.6 Å². The van der Waals surface area contributed by atoms with Gasteiger partial charge in [0.25, 0.3) is 0 Å². The van der Waals surface area contributed by atoms with E-state index in [1.807, 2.05) is 273 Å². The molecular weight excluding hydrogens is 1360 g/mol. The van der Waals surface area contributed by atoms with Crippen LogP contribution >= 0.6 is 0 Å². The normalized spacial score (nSPS) is 10.7. The Labute approximate surface area is 626 Å². The quantitative estimate of drug-likeness (QED) is 0.143. The lowest BCUT2D eigenvalue weighted by atomic mass is 10.1. The van der Waals surface area contributed by atoms with Gasteiger partial charge in [0.2, 0.25) is 0 Å². The van der Waals surface area contributed by atoms with E-state index in [1.54, 1.807) is 20.8 Å². The lowest BCUT2D eigenvalue weighted by Gasteiger charge is -2.08. The molecule has 25 heteroatoms. The molecule has 17 rings (SSSR count). The molecule has 0 aliphatic carbocycles. The molecule has 25 nitrogen and oxygen atoms in total. The molecule has 0 fully saturated rings. The van der Waals surface area contributed by atoms with Crippen LogP contribution in [0.3, 0.4) is 0 Å². The van der Waals surface area contributed by atoms with E-state index < -0.39 is 0 Å². The van der Waals surface area contributed by atoms with Gasteiger partial charge in [-0.1, -0.05) is 150 Å². The Hall–Kier alpha value is -15.3. The van der Waals surface area contributed by atoms with Crippen molar-refractivity contribution in [2.45, 2.75) is 83.1 Å². The molecule has 0 saturated heterocycles. The average molecular weight is 1430 g/mol. The third-order valence-corrected chi connectivity index (χ3v) is 17.5. The molecule has 10 aromatic heterocycles. The van der Waals surface area contributed by atoms with Crippen LogP contribution in [0, 0.1) is 140 Å². The number of aryl methyl sites for hydroxylation is 12. The van der Waals surface area contributed by atoms with Crippen molar-refractivity contribution >= 4 is 55.8 Å². The molecular formula is C84H67N25. The zero-order valence-electron chi connectivity index (χ0n) is 61.6. The van der Waals surface area contributed by atoms with Gasteiger partial charge in [0, 0.05) is 39.6 Å². The van der Waals surface area contributed by atoms with E-state index in [4.69, 9.17) is 10.2 Å².